The standard InChI is InChI=1S/C23H27N3O2/c27-22(19-9-2-1-3-10-19)25-14-18(15-25)8-6-7-13-24-23(28)26-16-20-11-4-5-12-21(20)17-26/h1-5,9-12,18H,6-8,13-17H2,(H,24,28). The minimum atomic E-state index is 0.0273. The van der Waals surface area contributed by atoms with Gasteiger partial charge in [-0.05, 0) is 42.0 Å². The highest BCUT2D eigenvalue weighted by Gasteiger charge is 2.30. The zero-order valence-corrected chi connectivity index (χ0v) is 16.1. The van der Waals surface area contributed by atoms with Crippen LogP contribution in [-0.2, 0) is 13.1 Å². The molecule has 2 aromatic carbocycles. The average molecular weight is 377 g/mol. The molecule has 0 aromatic heterocycles. The number of urea groups is 1. The lowest BCUT2D eigenvalue weighted by Crippen LogP contribution is -2.49. The van der Waals surface area contributed by atoms with Gasteiger partial charge in [0, 0.05) is 38.3 Å². The van der Waals surface area contributed by atoms with E-state index in [2.05, 4.69) is 17.4 Å². The van der Waals surface area contributed by atoms with Gasteiger partial charge in [-0.15, -0.1) is 0 Å². The van der Waals surface area contributed by atoms with E-state index in [1.54, 1.807) is 0 Å². The number of carbonyl (C=O) groups excluding carboxylic acids is 2. The van der Waals surface area contributed by atoms with Crippen LogP contribution in [0.1, 0.15) is 40.7 Å². The number of hydrogen-bond acceptors (Lipinski definition) is 2. The van der Waals surface area contributed by atoms with Gasteiger partial charge in [0.25, 0.3) is 5.91 Å². The lowest BCUT2D eigenvalue weighted by Gasteiger charge is -2.39. The maximum atomic E-state index is 12.3. The summed E-state index contributed by atoms with van der Waals surface area (Å²) < 4.78 is 0. The van der Waals surface area contributed by atoms with Crippen LogP contribution in [0.25, 0.3) is 0 Å². The van der Waals surface area contributed by atoms with E-state index >= 15 is 0 Å². The van der Waals surface area contributed by atoms with Gasteiger partial charge in [-0.25, -0.2) is 4.79 Å². The van der Waals surface area contributed by atoms with E-state index in [-0.39, 0.29) is 11.9 Å². The predicted octanol–water partition coefficient (Wildman–Crippen LogP) is 3.65. The summed E-state index contributed by atoms with van der Waals surface area (Å²) in [6.07, 6.45) is 3.18. The van der Waals surface area contributed by atoms with Crippen LogP contribution in [0.5, 0.6) is 0 Å². The molecular weight excluding hydrogens is 350 g/mol. The van der Waals surface area contributed by atoms with Gasteiger partial charge in [0.2, 0.25) is 0 Å². The third-order valence-corrected chi connectivity index (χ3v) is 5.71. The number of hydrogen-bond donors (Lipinski definition) is 1. The quantitative estimate of drug-likeness (QED) is 0.781. The number of likely N-dealkylation sites (tertiary alicyclic amines) is 1. The summed E-state index contributed by atoms with van der Waals surface area (Å²) in [5.74, 6) is 0.729. The molecular formula is C23H27N3O2. The van der Waals surface area contributed by atoms with Gasteiger partial charge in [-0.2, -0.15) is 0 Å². The van der Waals surface area contributed by atoms with Crippen LogP contribution >= 0.6 is 0 Å². The molecule has 2 heterocycles. The highest BCUT2D eigenvalue weighted by atomic mass is 16.2. The number of benzene rings is 2. The first-order valence-corrected chi connectivity index (χ1v) is 10.1. The van der Waals surface area contributed by atoms with Crippen LogP contribution < -0.4 is 5.32 Å². The molecule has 5 nitrogen and oxygen atoms in total. The van der Waals surface area contributed by atoms with E-state index in [9.17, 15) is 9.59 Å². The second-order valence-corrected chi connectivity index (χ2v) is 7.79. The molecule has 0 spiro atoms. The summed E-state index contributed by atoms with van der Waals surface area (Å²) in [5, 5.41) is 3.04. The highest BCUT2D eigenvalue weighted by molar-refractivity contribution is 5.94. The zero-order chi connectivity index (χ0) is 19.3. The second-order valence-electron chi connectivity index (χ2n) is 7.79. The van der Waals surface area contributed by atoms with Gasteiger partial charge in [0.05, 0.1) is 0 Å². The number of unbranched alkanes of at least 4 members (excludes halogenated alkanes) is 1. The van der Waals surface area contributed by atoms with Gasteiger partial charge in [0.1, 0.15) is 0 Å². The Morgan fingerprint density at radius 1 is 0.857 bits per heavy atom. The molecule has 146 valence electrons. The van der Waals surface area contributed by atoms with Crippen LogP contribution in [-0.4, -0.2) is 41.4 Å². The Balaban J connectivity index is 1.08. The Kier molecular flexibility index (Phi) is 5.60. The molecule has 1 N–H and O–H groups in total. The Bertz CT molecular complexity index is 806. The summed E-state index contributed by atoms with van der Waals surface area (Å²) in [5.41, 5.74) is 3.27. The van der Waals surface area contributed by atoms with Crippen molar-refractivity contribution >= 4 is 11.9 Å². The average Bonchev–Trinajstić information content (AvgIpc) is 3.13. The maximum Gasteiger partial charge on any atom is 0.318 e. The molecule has 2 aliphatic rings. The van der Waals surface area contributed by atoms with E-state index in [1.165, 1.54) is 11.1 Å². The van der Waals surface area contributed by atoms with E-state index < -0.39 is 0 Å². The van der Waals surface area contributed by atoms with Gasteiger partial charge in [-0.3, -0.25) is 4.79 Å². The number of amides is 3. The molecule has 0 unspecified atom stereocenters. The fourth-order valence-corrected chi connectivity index (χ4v) is 4.02. The van der Waals surface area contributed by atoms with Crippen LogP contribution in [0.4, 0.5) is 4.79 Å². The molecule has 2 aliphatic heterocycles. The molecule has 0 radical (unpaired) electrons. The molecule has 1 saturated heterocycles. The van der Waals surface area contributed by atoms with Gasteiger partial charge < -0.3 is 15.1 Å². The normalized spacial score (nSPS) is 15.9. The number of nitrogens with zero attached hydrogens (tertiary/aromatic N) is 2. The molecule has 5 heteroatoms. The first kappa shape index (κ1) is 18.5. The molecule has 1 fully saturated rings. The SMILES string of the molecule is O=C(NCCCCC1CN(C(=O)c2ccccc2)C1)N1Cc2ccccc2C1. The fourth-order valence-electron chi connectivity index (χ4n) is 4.02. The maximum absolute atomic E-state index is 12.3. The number of nitrogens with one attached hydrogen (secondary N) is 1. The molecule has 0 aliphatic carbocycles. The third-order valence-electron chi connectivity index (χ3n) is 5.71. The van der Waals surface area contributed by atoms with Crippen molar-refractivity contribution < 1.29 is 9.59 Å². The molecule has 2 aromatic rings. The summed E-state index contributed by atoms with van der Waals surface area (Å²) in [6.45, 7) is 3.83. The first-order chi connectivity index (χ1) is 13.7. The molecule has 0 atom stereocenters. The molecule has 0 saturated carbocycles. The Hall–Kier alpha value is -2.82. The number of rotatable bonds is 6. The van der Waals surface area contributed by atoms with Crippen molar-refractivity contribution in [2.45, 2.75) is 32.4 Å². The zero-order valence-electron chi connectivity index (χ0n) is 16.1. The Morgan fingerprint density at radius 3 is 2.18 bits per heavy atom. The van der Waals surface area contributed by atoms with Crippen molar-refractivity contribution in [3.05, 3.63) is 71.3 Å². The topological polar surface area (TPSA) is 52.7 Å². The Labute approximate surface area is 166 Å². The number of carbonyl (C=O) groups is 2. The smallest absolute Gasteiger partial charge is 0.318 e. The summed E-state index contributed by atoms with van der Waals surface area (Å²) in [4.78, 5) is 28.4. The van der Waals surface area contributed by atoms with Gasteiger partial charge >= 0.3 is 6.03 Å². The summed E-state index contributed by atoms with van der Waals surface area (Å²) in [6, 6.07) is 17.7. The van der Waals surface area contributed by atoms with Crippen molar-refractivity contribution in [2.24, 2.45) is 5.92 Å². The number of fused-ring (bicyclic) bond motifs is 1. The minimum Gasteiger partial charge on any atom is -0.338 e. The lowest BCUT2D eigenvalue weighted by atomic mass is 9.93. The largest absolute Gasteiger partial charge is 0.338 e. The molecule has 3 amide bonds. The monoisotopic (exact) mass is 377 g/mol. The predicted molar refractivity (Wildman–Crippen MR) is 109 cm³/mol. The molecule has 4 rings (SSSR count). The van der Waals surface area contributed by atoms with Gasteiger partial charge in [0.15, 0.2) is 0 Å². The lowest BCUT2D eigenvalue weighted by molar-refractivity contribution is 0.0481. The molecule has 28 heavy (non-hydrogen) atoms. The summed E-state index contributed by atoms with van der Waals surface area (Å²) in [7, 11) is 0. The minimum absolute atomic E-state index is 0.0273. The van der Waals surface area contributed by atoms with Crippen molar-refractivity contribution in [1.82, 2.24) is 15.1 Å². The van der Waals surface area contributed by atoms with Crippen LogP contribution in [0.2, 0.25) is 0 Å². The highest BCUT2D eigenvalue weighted by Crippen LogP contribution is 2.24. The fraction of sp³-hybridized carbons (Fsp3) is 0.391. The molecule has 0 bridgehead atoms. The van der Waals surface area contributed by atoms with Crippen LogP contribution in [0, 0.1) is 5.92 Å². The Morgan fingerprint density at radius 2 is 1.50 bits per heavy atom. The van der Waals surface area contributed by atoms with Gasteiger partial charge in [-0.1, -0.05) is 48.9 Å². The van der Waals surface area contributed by atoms with E-state index in [1.807, 2.05) is 52.3 Å². The van der Waals surface area contributed by atoms with Crippen LogP contribution in [0.15, 0.2) is 54.6 Å². The third kappa shape index (κ3) is 4.19. The van der Waals surface area contributed by atoms with E-state index in [4.69, 9.17) is 0 Å². The second kappa shape index (κ2) is 8.46. The van der Waals surface area contributed by atoms with Crippen LogP contribution in [0.3, 0.4) is 0 Å². The van der Waals surface area contributed by atoms with Crippen molar-refractivity contribution in [3.63, 3.8) is 0 Å². The summed E-state index contributed by atoms with van der Waals surface area (Å²) >= 11 is 0. The van der Waals surface area contributed by atoms with Crippen molar-refractivity contribution in [1.29, 1.82) is 0 Å². The van der Waals surface area contributed by atoms with Crippen molar-refractivity contribution in [2.75, 3.05) is 19.6 Å². The van der Waals surface area contributed by atoms with Crippen molar-refractivity contribution in [3.8, 4) is 0 Å². The van der Waals surface area contributed by atoms with E-state index in [0.717, 1.165) is 37.9 Å². The first-order valence-electron chi connectivity index (χ1n) is 10.1. The van der Waals surface area contributed by atoms with E-state index in [0.29, 0.717) is 25.6 Å².